The summed E-state index contributed by atoms with van der Waals surface area (Å²) < 4.78 is 5.76. The molecule has 0 saturated heterocycles. The lowest BCUT2D eigenvalue weighted by Crippen LogP contribution is -2.14. The maximum absolute atomic E-state index is 11.7. The Labute approximate surface area is 157 Å². The first-order valence-corrected chi connectivity index (χ1v) is 8.74. The van der Waals surface area contributed by atoms with E-state index in [4.69, 9.17) is 16.3 Å². The van der Waals surface area contributed by atoms with Crippen LogP contribution < -0.4 is 4.74 Å². The van der Waals surface area contributed by atoms with E-state index in [2.05, 4.69) is 0 Å². The molecule has 26 heavy (non-hydrogen) atoms. The van der Waals surface area contributed by atoms with Crippen molar-refractivity contribution < 1.29 is 14.6 Å². The Hall–Kier alpha value is -2.78. The molecule has 0 aliphatic carbocycles. The van der Waals surface area contributed by atoms with Crippen LogP contribution in [0.15, 0.2) is 78.9 Å². The van der Waals surface area contributed by atoms with Gasteiger partial charge in [-0.2, -0.15) is 0 Å². The smallest absolute Gasteiger partial charge is 0.311 e. The van der Waals surface area contributed by atoms with Gasteiger partial charge in [-0.05, 0) is 35.2 Å². The molecule has 132 valence electrons. The van der Waals surface area contributed by atoms with Crippen molar-refractivity contribution in [1.29, 1.82) is 0 Å². The number of hydrogen-bond donors (Lipinski definition) is 1. The van der Waals surface area contributed by atoms with Crippen molar-refractivity contribution in [3.8, 4) is 5.75 Å². The van der Waals surface area contributed by atoms with Gasteiger partial charge in [0.05, 0.1) is 10.9 Å². The topological polar surface area (TPSA) is 46.5 Å². The zero-order valence-electron chi connectivity index (χ0n) is 14.1. The highest BCUT2D eigenvalue weighted by molar-refractivity contribution is 6.32. The van der Waals surface area contributed by atoms with Crippen molar-refractivity contribution in [3.63, 3.8) is 0 Å². The maximum Gasteiger partial charge on any atom is 0.311 e. The number of carbonyl (C=O) groups is 1. The van der Waals surface area contributed by atoms with Gasteiger partial charge >= 0.3 is 5.97 Å². The number of carboxylic acid groups (broad SMARTS) is 1. The van der Waals surface area contributed by atoms with Crippen molar-refractivity contribution in [3.05, 3.63) is 101 Å². The van der Waals surface area contributed by atoms with Crippen LogP contribution in [0.4, 0.5) is 0 Å². The van der Waals surface area contributed by atoms with Crippen LogP contribution in [0.25, 0.3) is 0 Å². The molecule has 0 amide bonds. The average Bonchev–Trinajstić information content (AvgIpc) is 2.66. The Bertz CT molecular complexity index is 863. The van der Waals surface area contributed by atoms with Crippen molar-refractivity contribution in [1.82, 2.24) is 0 Å². The fraction of sp³-hybridized carbons (Fsp3) is 0.136. The summed E-state index contributed by atoms with van der Waals surface area (Å²) in [7, 11) is 0. The van der Waals surface area contributed by atoms with Gasteiger partial charge in [-0.25, -0.2) is 0 Å². The minimum Gasteiger partial charge on any atom is -0.487 e. The second kappa shape index (κ2) is 8.54. The summed E-state index contributed by atoms with van der Waals surface area (Å²) in [5.74, 6) is -0.982. The first-order valence-electron chi connectivity index (χ1n) is 8.36. The number of hydrogen-bond acceptors (Lipinski definition) is 2. The molecular formula is C22H19ClO3. The van der Waals surface area contributed by atoms with Gasteiger partial charge in [-0.15, -0.1) is 0 Å². The number of rotatable bonds is 7. The molecular weight excluding hydrogens is 348 g/mol. The van der Waals surface area contributed by atoms with Gasteiger partial charge in [0.25, 0.3) is 0 Å². The van der Waals surface area contributed by atoms with Crippen LogP contribution >= 0.6 is 11.6 Å². The maximum atomic E-state index is 11.7. The molecule has 0 fully saturated rings. The predicted octanol–water partition coefficient (Wildman–Crippen LogP) is 5.33. The minimum atomic E-state index is -0.872. The van der Waals surface area contributed by atoms with Gasteiger partial charge < -0.3 is 9.84 Å². The van der Waals surface area contributed by atoms with Gasteiger partial charge in [-0.3, -0.25) is 4.79 Å². The van der Waals surface area contributed by atoms with Crippen LogP contribution in [0.1, 0.15) is 22.6 Å². The summed E-state index contributed by atoms with van der Waals surface area (Å²) >= 11 is 6.33. The predicted molar refractivity (Wildman–Crippen MR) is 103 cm³/mol. The highest BCUT2D eigenvalue weighted by Crippen LogP contribution is 2.31. The molecule has 0 radical (unpaired) electrons. The number of carboxylic acids is 1. The summed E-state index contributed by atoms with van der Waals surface area (Å²) in [6.45, 7) is 0.409. The van der Waals surface area contributed by atoms with Gasteiger partial charge in [0.15, 0.2) is 0 Å². The van der Waals surface area contributed by atoms with E-state index in [1.807, 2.05) is 60.7 Å². The quantitative estimate of drug-likeness (QED) is 0.614. The SMILES string of the molecule is O=C(O)C(Cc1ccccc1)c1ccc(OCc2ccccc2)c(Cl)c1. The fourth-order valence-corrected chi connectivity index (χ4v) is 3.03. The Morgan fingerprint density at radius 2 is 1.54 bits per heavy atom. The van der Waals surface area contributed by atoms with Crippen molar-refractivity contribution in [2.75, 3.05) is 0 Å². The largest absolute Gasteiger partial charge is 0.487 e. The van der Waals surface area contributed by atoms with Gasteiger partial charge in [0.1, 0.15) is 12.4 Å². The van der Waals surface area contributed by atoms with Crippen LogP contribution in [0.3, 0.4) is 0 Å². The average molecular weight is 367 g/mol. The lowest BCUT2D eigenvalue weighted by atomic mass is 9.92. The second-order valence-corrected chi connectivity index (χ2v) is 6.45. The van der Waals surface area contributed by atoms with E-state index >= 15 is 0 Å². The lowest BCUT2D eigenvalue weighted by Gasteiger charge is -2.15. The summed E-state index contributed by atoms with van der Waals surface area (Å²) in [6, 6.07) is 24.6. The van der Waals surface area contributed by atoms with Crippen molar-refractivity contribution in [2.24, 2.45) is 0 Å². The zero-order chi connectivity index (χ0) is 18.4. The van der Waals surface area contributed by atoms with E-state index in [1.54, 1.807) is 18.2 Å². The van der Waals surface area contributed by atoms with E-state index in [-0.39, 0.29) is 0 Å². The molecule has 0 saturated carbocycles. The van der Waals surface area contributed by atoms with Gasteiger partial charge in [0, 0.05) is 0 Å². The van der Waals surface area contributed by atoms with E-state index < -0.39 is 11.9 Å². The standard InChI is InChI=1S/C22H19ClO3/c23-20-14-18(19(22(24)25)13-16-7-3-1-4-8-16)11-12-21(20)26-15-17-9-5-2-6-10-17/h1-12,14,19H,13,15H2,(H,24,25). The van der Waals surface area contributed by atoms with E-state index in [0.29, 0.717) is 29.4 Å². The van der Waals surface area contributed by atoms with Crippen molar-refractivity contribution in [2.45, 2.75) is 18.9 Å². The summed E-state index contributed by atoms with van der Waals surface area (Å²) in [5, 5.41) is 10.0. The van der Waals surface area contributed by atoms with Crippen LogP contribution in [0.5, 0.6) is 5.75 Å². The highest BCUT2D eigenvalue weighted by Gasteiger charge is 2.21. The Kier molecular flexibility index (Phi) is 5.92. The zero-order valence-corrected chi connectivity index (χ0v) is 14.9. The molecule has 0 bridgehead atoms. The molecule has 0 aliphatic rings. The van der Waals surface area contributed by atoms with Crippen LogP contribution in [0.2, 0.25) is 5.02 Å². The minimum absolute atomic E-state index is 0.409. The van der Waals surface area contributed by atoms with Crippen LogP contribution in [-0.4, -0.2) is 11.1 Å². The number of aliphatic carboxylic acids is 1. The fourth-order valence-electron chi connectivity index (χ4n) is 2.78. The first-order chi connectivity index (χ1) is 12.6. The Morgan fingerprint density at radius 3 is 2.12 bits per heavy atom. The molecule has 3 nitrogen and oxygen atoms in total. The number of benzene rings is 3. The van der Waals surface area contributed by atoms with Crippen LogP contribution in [0, 0.1) is 0 Å². The molecule has 1 atom stereocenters. The second-order valence-electron chi connectivity index (χ2n) is 6.04. The third kappa shape index (κ3) is 4.64. The first kappa shape index (κ1) is 18.0. The molecule has 0 aliphatic heterocycles. The lowest BCUT2D eigenvalue weighted by molar-refractivity contribution is -0.138. The summed E-state index contributed by atoms with van der Waals surface area (Å²) in [6.07, 6.45) is 0.413. The monoisotopic (exact) mass is 366 g/mol. The normalized spacial score (nSPS) is 11.7. The van der Waals surface area contributed by atoms with E-state index in [0.717, 1.165) is 11.1 Å². The van der Waals surface area contributed by atoms with Gasteiger partial charge in [-0.1, -0.05) is 78.3 Å². The Morgan fingerprint density at radius 1 is 0.923 bits per heavy atom. The summed E-state index contributed by atoms with van der Waals surface area (Å²) in [5.41, 5.74) is 2.68. The molecule has 3 aromatic rings. The molecule has 0 aromatic heterocycles. The summed E-state index contributed by atoms with van der Waals surface area (Å²) in [4.78, 5) is 11.7. The molecule has 4 heteroatoms. The van der Waals surface area contributed by atoms with E-state index in [1.165, 1.54) is 0 Å². The molecule has 1 N–H and O–H groups in total. The molecule has 0 spiro atoms. The van der Waals surface area contributed by atoms with E-state index in [9.17, 15) is 9.90 Å². The Balaban J connectivity index is 1.75. The van der Waals surface area contributed by atoms with Crippen molar-refractivity contribution >= 4 is 17.6 Å². The third-order valence-electron chi connectivity index (χ3n) is 4.18. The molecule has 3 aromatic carbocycles. The highest BCUT2D eigenvalue weighted by atomic mass is 35.5. The van der Waals surface area contributed by atoms with Crippen LogP contribution in [-0.2, 0) is 17.8 Å². The number of ether oxygens (including phenoxy) is 1. The molecule has 3 rings (SSSR count). The number of halogens is 1. The third-order valence-corrected chi connectivity index (χ3v) is 4.47. The molecule has 0 heterocycles. The van der Waals surface area contributed by atoms with Gasteiger partial charge in [0.2, 0.25) is 0 Å². The molecule has 1 unspecified atom stereocenters.